The summed E-state index contributed by atoms with van der Waals surface area (Å²) in [5.41, 5.74) is 4.30. The van der Waals surface area contributed by atoms with Crippen molar-refractivity contribution in [1.82, 2.24) is 10.2 Å². The van der Waals surface area contributed by atoms with Crippen molar-refractivity contribution < 1.29 is 14.3 Å². The molecular weight excluding hydrogens is 448 g/mol. The van der Waals surface area contributed by atoms with Crippen LogP contribution in [0, 0.1) is 6.92 Å². The second-order valence-corrected chi connectivity index (χ2v) is 9.46. The highest BCUT2D eigenvalue weighted by Gasteiger charge is 2.30. The maximum Gasteiger partial charge on any atom is 0.261 e. The fraction of sp³-hybridized carbons (Fsp3) is 0.355. The number of nitrogens with one attached hydrogen (secondary N) is 1. The van der Waals surface area contributed by atoms with E-state index < -0.39 is 6.04 Å². The van der Waals surface area contributed by atoms with Gasteiger partial charge < -0.3 is 15.0 Å². The van der Waals surface area contributed by atoms with Gasteiger partial charge in [0.2, 0.25) is 5.91 Å². The van der Waals surface area contributed by atoms with Crippen molar-refractivity contribution in [2.24, 2.45) is 0 Å². The van der Waals surface area contributed by atoms with Crippen LogP contribution in [0.3, 0.4) is 0 Å². The van der Waals surface area contributed by atoms with E-state index in [1.165, 1.54) is 5.56 Å². The minimum Gasteiger partial charge on any atom is -0.484 e. The quantitative estimate of drug-likeness (QED) is 0.359. The zero-order valence-corrected chi connectivity index (χ0v) is 21.9. The van der Waals surface area contributed by atoms with Gasteiger partial charge in [0.05, 0.1) is 0 Å². The highest BCUT2D eigenvalue weighted by atomic mass is 16.5. The third kappa shape index (κ3) is 7.70. The van der Waals surface area contributed by atoms with Crippen LogP contribution in [0.5, 0.6) is 5.75 Å². The predicted molar refractivity (Wildman–Crippen MR) is 145 cm³/mol. The molecule has 0 radical (unpaired) electrons. The Bertz CT molecular complexity index is 1110. The average Bonchev–Trinajstić information content (AvgIpc) is 2.89. The SMILES string of the molecule is CCCNC(=O)[C@@H](Cc1ccccc1)N(Cc1ccccc1C)C(=O)COc1ccc(C(C)C)cc1. The summed E-state index contributed by atoms with van der Waals surface area (Å²) >= 11 is 0. The molecule has 0 saturated heterocycles. The lowest BCUT2D eigenvalue weighted by atomic mass is 10.0. The summed E-state index contributed by atoms with van der Waals surface area (Å²) in [6, 6.07) is 25.0. The molecular formula is C31H38N2O3. The van der Waals surface area contributed by atoms with E-state index in [2.05, 4.69) is 19.2 Å². The van der Waals surface area contributed by atoms with Gasteiger partial charge in [0.25, 0.3) is 5.91 Å². The van der Waals surface area contributed by atoms with Gasteiger partial charge in [-0.3, -0.25) is 9.59 Å². The van der Waals surface area contributed by atoms with Crippen molar-refractivity contribution in [3.63, 3.8) is 0 Å². The van der Waals surface area contributed by atoms with Gasteiger partial charge in [-0.15, -0.1) is 0 Å². The van der Waals surface area contributed by atoms with E-state index in [9.17, 15) is 9.59 Å². The van der Waals surface area contributed by atoms with E-state index in [-0.39, 0.29) is 18.4 Å². The van der Waals surface area contributed by atoms with Crippen molar-refractivity contribution in [3.8, 4) is 5.75 Å². The number of carbonyl (C=O) groups excluding carboxylic acids is 2. The van der Waals surface area contributed by atoms with Crippen LogP contribution in [0.25, 0.3) is 0 Å². The predicted octanol–water partition coefficient (Wildman–Crippen LogP) is 5.66. The van der Waals surface area contributed by atoms with Gasteiger partial charge in [-0.25, -0.2) is 0 Å². The Kier molecular flexibility index (Phi) is 10.1. The monoisotopic (exact) mass is 486 g/mol. The van der Waals surface area contributed by atoms with Crippen LogP contribution in [-0.2, 0) is 22.6 Å². The molecule has 36 heavy (non-hydrogen) atoms. The molecule has 0 unspecified atom stereocenters. The fourth-order valence-electron chi connectivity index (χ4n) is 4.07. The minimum absolute atomic E-state index is 0.140. The molecule has 0 bridgehead atoms. The van der Waals surface area contributed by atoms with E-state index in [1.807, 2.05) is 92.7 Å². The van der Waals surface area contributed by atoms with Crippen molar-refractivity contribution in [3.05, 3.63) is 101 Å². The van der Waals surface area contributed by atoms with E-state index in [1.54, 1.807) is 4.90 Å². The van der Waals surface area contributed by atoms with E-state index in [0.29, 0.717) is 31.2 Å². The topological polar surface area (TPSA) is 58.6 Å². The molecule has 5 nitrogen and oxygen atoms in total. The molecule has 1 atom stereocenters. The third-order valence-corrected chi connectivity index (χ3v) is 6.33. The lowest BCUT2D eigenvalue weighted by Crippen LogP contribution is -2.51. The Morgan fingerprint density at radius 1 is 0.917 bits per heavy atom. The van der Waals surface area contributed by atoms with Gasteiger partial charge in [0, 0.05) is 19.5 Å². The van der Waals surface area contributed by atoms with Gasteiger partial charge in [-0.05, 0) is 53.6 Å². The number of amides is 2. The number of rotatable bonds is 12. The molecule has 190 valence electrons. The number of benzene rings is 3. The molecule has 0 fully saturated rings. The summed E-state index contributed by atoms with van der Waals surface area (Å²) in [6.07, 6.45) is 1.25. The first-order valence-electron chi connectivity index (χ1n) is 12.8. The second kappa shape index (κ2) is 13.5. The molecule has 0 saturated carbocycles. The van der Waals surface area contributed by atoms with Crippen molar-refractivity contribution >= 4 is 11.8 Å². The highest BCUT2D eigenvalue weighted by Crippen LogP contribution is 2.20. The largest absolute Gasteiger partial charge is 0.484 e. The van der Waals surface area contributed by atoms with Crippen molar-refractivity contribution in [2.75, 3.05) is 13.2 Å². The number of nitrogens with zero attached hydrogens (tertiary/aromatic N) is 1. The highest BCUT2D eigenvalue weighted by molar-refractivity contribution is 5.88. The number of carbonyl (C=O) groups is 2. The van der Waals surface area contributed by atoms with Gasteiger partial charge in [-0.1, -0.05) is 87.5 Å². The molecule has 0 spiro atoms. The molecule has 2 amide bonds. The first kappa shape index (κ1) is 27.0. The fourth-order valence-corrected chi connectivity index (χ4v) is 4.07. The molecule has 0 aliphatic heterocycles. The van der Waals surface area contributed by atoms with Crippen molar-refractivity contribution in [1.29, 1.82) is 0 Å². The maximum absolute atomic E-state index is 13.6. The number of ether oxygens (including phenoxy) is 1. The smallest absolute Gasteiger partial charge is 0.261 e. The number of hydrogen-bond donors (Lipinski definition) is 1. The van der Waals surface area contributed by atoms with Gasteiger partial charge in [0.1, 0.15) is 11.8 Å². The number of aryl methyl sites for hydroxylation is 1. The Labute approximate surface area is 215 Å². The van der Waals surface area contributed by atoms with Crippen LogP contribution in [0.15, 0.2) is 78.9 Å². The molecule has 3 rings (SSSR count). The first-order chi connectivity index (χ1) is 17.4. The second-order valence-electron chi connectivity index (χ2n) is 9.46. The van der Waals surface area contributed by atoms with Crippen molar-refractivity contribution in [2.45, 2.75) is 59.0 Å². The minimum atomic E-state index is -0.655. The zero-order chi connectivity index (χ0) is 25.9. The third-order valence-electron chi connectivity index (χ3n) is 6.33. The summed E-state index contributed by atoms with van der Waals surface area (Å²) in [5.74, 6) is 0.687. The van der Waals surface area contributed by atoms with Gasteiger partial charge in [0.15, 0.2) is 6.61 Å². The molecule has 1 N–H and O–H groups in total. The van der Waals surface area contributed by atoms with Gasteiger partial charge >= 0.3 is 0 Å². The molecule has 0 aliphatic carbocycles. The zero-order valence-electron chi connectivity index (χ0n) is 21.9. The van der Waals surface area contributed by atoms with Crippen LogP contribution in [0.1, 0.15) is 55.4 Å². The molecule has 0 aromatic heterocycles. The average molecular weight is 487 g/mol. The summed E-state index contributed by atoms with van der Waals surface area (Å²) in [7, 11) is 0. The van der Waals surface area contributed by atoms with E-state index in [4.69, 9.17) is 4.74 Å². The maximum atomic E-state index is 13.6. The lowest BCUT2D eigenvalue weighted by molar-refractivity contribution is -0.142. The summed E-state index contributed by atoms with van der Waals surface area (Å²) in [6.45, 7) is 9.07. The van der Waals surface area contributed by atoms with Crippen LogP contribution < -0.4 is 10.1 Å². The van der Waals surface area contributed by atoms with Crippen LogP contribution >= 0.6 is 0 Å². The normalized spacial score (nSPS) is 11.7. The van der Waals surface area contributed by atoms with Crippen LogP contribution in [0.2, 0.25) is 0 Å². The Morgan fingerprint density at radius 2 is 1.58 bits per heavy atom. The number of hydrogen-bond acceptors (Lipinski definition) is 3. The molecule has 0 aliphatic rings. The lowest BCUT2D eigenvalue weighted by Gasteiger charge is -2.32. The Balaban J connectivity index is 1.87. The summed E-state index contributed by atoms with van der Waals surface area (Å²) in [4.78, 5) is 28.7. The van der Waals surface area contributed by atoms with E-state index in [0.717, 1.165) is 23.1 Å². The van der Waals surface area contributed by atoms with Gasteiger partial charge in [-0.2, -0.15) is 0 Å². The van der Waals surface area contributed by atoms with Crippen LogP contribution in [-0.4, -0.2) is 35.9 Å². The Hall–Kier alpha value is -3.60. The molecule has 0 heterocycles. The molecule has 3 aromatic carbocycles. The first-order valence-corrected chi connectivity index (χ1v) is 12.8. The summed E-state index contributed by atoms with van der Waals surface area (Å²) in [5, 5.41) is 3.01. The molecule has 5 heteroatoms. The van der Waals surface area contributed by atoms with E-state index >= 15 is 0 Å². The molecule has 3 aromatic rings. The van der Waals surface area contributed by atoms with Crippen LogP contribution in [0.4, 0.5) is 0 Å². The Morgan fingerprint density at radius 3 is 2.22 bits per heavy atom. The standard InChI is InChI=1S/C31H38N2O3/c1-5-19-32-31(35)29(20-25-12-7-6-8-13-25)33(21-27-14-10-9-11-24(27)4)30(34)22-36-28-17-15-26(16-18-28)23(2)3/h6-18,23,29H,5,19-22H2,1-4H3,(H,32,35)/t29-/m1/s1. The summed E-state index contributed by atoms with van der Waals surface area (Å²) < 4.78 is 5.89.